The molecule has 0 aliphatic heterocycles. The zero-order valence-electron chi connectivity index (χ0n) is 22.6. The Morgan fingerprint density at radius 1 is 0.758 bits per heavy atom. The van der Waals surface area contributed by atoms with Gasteiger partial charge in [0.2, 0.25) is 0 Å². The summed E-state index contributed by atoms with van der Waals surface area (Å²) < 4.78 is 0. The number of hydrogen-bond acceptors (Lipinski definition) is 2. The molecule has 0 aliphatic rings. The van der Waals surface area contributed by atoms with Gasteiger partial charge in [0.15, 0.2) is 0 Å². The maximum atomic E-state index is 9.90. The van der Waals surface area contributed by atoms with Crippen molar-refractivity contribution in [3.05, 3.63) is 71.3 Å². The van der Waals surface area contributed by atoms with Crippen LogP contribution in [0.2, 0.25) is 0 Å². The molecule has 0 fully saturated rings. The van der Waals surface area contributed by atoms with Gasteiger partial charge in [0.25, 0.3) is 0 Å². The van der Waals surface area contributed by atoms with Crippen molar-refractivity contribution in [3.63, 3.8) is 0 Å². The van der Waals surface area contributed by atoms with Crippen LogP contribution in [0.5, 0.6) is 11.5 Å². The van der Waals surface area contributed by atoms with Crippen LogP contribution >= 0.6 is 37.2 Å². The number of aryl methyl sites for hydroxylation is 2. The predicted molar refractivity (Wildman–Crippen MR) is 169 cm³/mol. The summed E-state index contributed by atoms with van der Waals surface area (Å²) in [6.45, 7) is 22.5. The van der Waals surface area contributed by atoms with Gasteiger partial charge in [0, 0.05) is 42.8 Å². The maximum Gasteiger partial charge on any atom is 0.122 e. The van der Waals surface area contributed by atoms with Crippen molar-refractivity contribution in [2.45, 2.75) is 88.0 Å². The van der Waals surface area contributed by atoms with Gasteiger partial charge in [-0.15, -0.1) is 0 Å². The summed E-state index contributed by atoms with van der Waals surface area (Å²) in [5.41, 5.74) is 3.43. The molecule has 0 radical (unpaired) electrons. The van der Waals surface area contributed by atoms with Gasteiger partial charge in [0.05, 0.1) is 0 Å². The van der Waals surface area contributed by atoms with E-state index in [4.69, 9.17) is 5.11 Å². The van der Waals surface area contributed by atoms with Crippen molar-refractivity contribution in [3.8, 4) is 11.5 Å². The zero-order valence-corrected chi connectivity index (χ0v) is 26.9. The fourth-order valence-corrected chi connectivity index (χ4v) is 2.88. The molecule has 2 N–H and O–H groups in total. The molecule has 0 unspecified atom stereocenters. The Hall–Kier alpha value is -1.02. The van der Waals surface area contributed by atoms with Gasteiger partial charge < -0.3 is 10.2 Å². The van der Waals surface area contributed by atoms with Gasteiger partial charge in [0.1, 0.15) is 11.5 Å². The van der Waals surface area contributed by atoms with Crippen LogP contribution in [0.3, 0.4) is 0 Å². The molecule has 3 aromatic rings. The van der Waals surface area contributed by atoms with Gasteiger partial charge >= 0.3 is 0 Å². The highest BCUT2D eigenvalue weighted by molar-refractivity contribution is 15.0. The Morgan fingerprint density at radius 3 is 1.64 bits per heavy atom. The Kier molecular flexibility index (Phi) is 23.8. The first-order valence-corrected chi connectivity index (χ1v) is 18.2. The van der Waals surface area contributed by atoms with Gasteiger partial charge in [-0.3, -0.25) is 0 Å². The highest BCUT2D eigenvalue weighted by Crippen LogP contribution is 2.30. The van der Waals surface area contributed by atoms with Crippen molar-refractivity contribution in [1.29, 1.82) is 0 Å². The minimum atomic E-state index is 0.174. The molecule has 3 rings (SSSR count). The molecule has 0 saturated carbocycles. The van der Waals surface area contributed by atoms with E-state index in [0.717, 1.165) is 22.9 Å². The van der Waals surface area contributed by atoms with Crippen molar-refractivity contribution in [1.82, 2.24) is 0 Å². The number of phenolic OH excluding ortho intramolecular Hbond substituents is 2. The molecule has 0 aliphatic carbocycles. The average Bonchev–Trinajstić information content (AvgIpc) is 2.85. The zero-order chi connectivity index (χ0) is 26.6. The fourth-order valence-electron chi connectivity index (χ4n) is 2.88. The molecular weight excluding hydrogens is 634 g/mol. The second-order valence-electron chi connectivity index (χ2n) is 7.39. The lowest BCUT2D eigenvalue weighted by atomic mass is 9.87. The van der Waals surface area contributed by atoms with Gasteiger partial charge in [-0.1, -0.05) is 106 Å². The SMILES string of the molecule is CC.CC.CC.CC(C)(C)c1ccc(O)cc1.CCc1c(O)c(C)cc2ccccc12.II. The molecule has 3 aromatic carbocycles. The lowest BCUT2D eigenvalue weighted by Crippen LogP contribution is -2.10. The molecule has 2 nitrogen and oxygen atoms in total. The van der Waals surface area contributed by atoms with E-state index in [9.17, 15) is 5.11 Å². The highest BCUT2D eigenvalue weighted by Gasteiger charge is 2.12. The van der Waals surface area contributed by atoms with Crippen LogP contribution in [-0.4, -0.2) is 10.2 Å². The molecule has 0 atom stereocenters. The topological polar surface area (TPSA) is 40.5 Å². The van der Waals surface area contributed by atoms with E-state index in [1.165, 1.54) is 10.9 Å². The number of aromatic hydroxyl groups is 2. The Balaban J connectivity index is -0.000000426. The average molecular weight is 680 g/mol. The number of phenols is 2. The van der Waals surface area contributed by atoms with Crippen LogP contribution in [0.15, 0.2) is 54.6 Å². The largest absolute Gasteiger partial charge is 0.508 e. The summed E-state index contributed by atoms with van der Waals surface area (Å²) in [4.78, 5) is 0. The number of halogens is 2. The summed E-state index contributed by atoms with van der Waals surface area (Å²) in [6, 6.07) is 17.6. The van der Waals surface area contributed by atoms with E-state index >= 15 is 0 Å². The summed E-state index contributed by atoms with van der Waals surface area (Å²) >= 11 is 4.24. The van der Waals surface area contributed by atoms with Crippen molar-refractivity contribution in [2.75, 3.05) is 0 Å². The third-order valence-electron chi connectivity index (χ3n) is 4.40. The van der Waals surface area contributed by atoms with Crippen molar-refractivity contribution in [2.24, 2.45) is 0 Å². The quantitative estimate of drug-likeness (QED) is 0.251. The highest BCUT2D eigenvalue weighted by atomic mass is 128. The van der Waals surface area contributed by atoms with Crippen LogP contribution in [0, 0.1) is 6.92 Å². The number of hydrogen-bond donors (Lipinski definition) is 2. The third-order valence-corrected chi connectivity index (χ3v) is 4.40. The lowest BCUT2D eigenvalue weighted by Gasteiger charge is -2.18. The first-order valence-electron chi connectivity index (χ1n) is 11.9. The van der Waals surface area contributed by atoms with E-state index in [1.807, 2.05) is 78.8 Å². The Bertz CT molecular complexity index is 852. The van der Waals surface area contributed by atoms with Gasteiger partial charge in [-0.25, -0.2) is 0 Å². The van der Waals surface area contributed by atoms with E-state index < -0.39 is 0 Å². The van der Waals surface area contributed by atoms with Gasteiger partial charge in [-0.05, 0) is 58.9 Å². The molecule has 33 heavy (non-hydrogen) atoms. The van der Waals surface area contributed by atoms with E-state index in [0.29, 0.717) is 11.5 Å². The molecule has 0 bridgehead atoms. The van der Waals surface area contributed by atoms with Gasteiger partial charge in [-0.2, -0.15) is 0 Å². The van der Waals surface area contributed by atoms with Crippen LogP contribution in [0.4, 0.5) is 0 Å². The number of fused-ring (bicyclic) bond motifs is 1. The molecule has 188 valence electrons. The normalized spacial score (nSPS) is 9.12. The smallest absolute Gasteiger partial charge is 0.122 e. The molecule has 0 amide bonds. The van der Waals surface area contributed by atoms with E-state index in [2.05, 4.69) is 77.1 Å². The predicted octanol–water partition coefficient (Wildman–Crippen LogP) is 11.0. The Labute approximate surface area is 227 Å². The first-order chi connectivity index (χ1) is 15.7. The lowest BCUT2D eigenvalue weighted by molar-refractivity contribution is 0.466. The summed E-state index contributed by atoms with van der Waals surface area (Å²) in [7, 11) is 0. The minimum absolute atomic E-state index is 0.174. The van der Waals surface area contributed by atoms with Crippen LogP contribution in [0.25, 0.3) is 10.8 Å². The second kappa shape index (κ2) is 21.5. The Morgan fingerprint density at radius 2 is 1.21 bits per heavy atom. The second-order valence-corrected chi connectivity index (χ2v) is 7.39. The standard InChI is InChI=1S/C13H14O.C10H14O.3C2H6.I2/c1-3-11-12-7-5-4-6-10(12)8-9(2)13(11)14;1-10(2,3)8-4-6-9(11)7-5-8;4*1-2/h4-8,14H,3H2,1-2H3;4-7,11H,1-3H3;3*1-2H3;. The monoisotopic (exact) mass is 680 g/mol. The number of benzene rings is 3. The van der Waals surface area contributed by atoms with E-state index in [-0.39, 0.29) is 5.41 Å². The minimum Gasteiger partial charge on any atom is -0.508 e. The fraction of sp³-hybridized carbons (Fsp3) is 0.448. The first kappa shape index (κ1) is 36.5. The molecule has 0 aromatic heterocycles. The van der Waals surface area contributed by atoms with Crippen molar-refractivity contribution >= 4 is 48.0 Å². The van der Waals surface area contributed by atoms with Crippen molar-refractivity contribution < 1.29 is 10.2 Å². The summed E-state index contributed by atoms with van der Waals surface area (Å²) in [5.74, 6) is 0.782. The van der Waals surface area contributed by atoms with E-state index in [1.54, 1.807) is 12.1 Å². The molecule has 0 heterocycles. The third kappa shape index (κ3) is 13.5. The maximum absolute atomic E-state index is 9.90. The molecule has 4 heteroatoms. The molecular formula is C29H46I2O2. The molecule has 0 saturated heterocycles. The molecule has 0 spiro atoms. The summed E-state index contributed by atoms with van der Waals surface area (Å²) in [6.07, 6.45) is 0.869. The van der Waals surface area contributed by atoms with Crippen LogP contribution < -0.4 is 0 Å². The van der Waals surface area contributed by atoms with Crippen LogP contribution in [-0.2, 0) is 11.8 Å². The van der Waals surface area contributed by atoms with Crippen LogP contribution in [0.1, 0.15) is 85.9 Å². The number of rotatable bonds is 1. The summed E-state index contributed by atoms with van der Waals surface area (Å²) in [5, 5.41) is 21.3.